The van der Waals surface area contributed by atoms with Crippen molar-refractivity contribution in [2.75, 3.05) is 5.32 Å². The zero-order chi connectivity index (χ0) is 14.8. The molecule has 0 bridgehead atoms. The molecule has 4 heteroatoms. The van der Waals surface area contributed by atoms with Gasteiger partial charge in [-0.3, -0.25) is 0 Å². The number of hydrogen-bond donors (Lipinski definition) is 1. The third kappa shape index (κ3) is 3.20. The first kappa shape index (κ1) is 14.4. The van der Waals surface area contributed by atoms with E-state index in [0.29, 0.717) is 12.1 Å². The summed E-state index contributed by atoms with van der Waals surface area (Å²) in [5, 5.41) is 9.23. The number of nitrogens with one attached hydrogen (secondary N) is 1. The summed E-state index contributed by atoms with van der Waals surface area (Å²) < 4.78 is 1.98. The Morgan fingerprint density at radius 1 is 1.19 bits per heavy atom. The van der Waals surface area contributed by atoms with E-state index in [9.17, 15) is 0 Å². The Kier molecular flexibility index (Phi) is 4.13. The molecule has 0 amide bonds. The van der Waals surface area contributed by atoms with Crippen molar-refractivity contribution in [2.45, 2.75) is 65.0 Å². The van der Waals surface area contributed by atoms with Gasteiger partial charge in [0.25, 0.3) is 0 Å². The monoisotopic (exact) mass is 286 g/mol. The van der Waals surface area contributed by atoms with Crippen LogP contribution in [0.15, 0.2) is 18.5 Å². The highest BCUT2D eigenvalue weighted by Gasteiger charge is 2.16. The van der Waals surface area contributed by atoms with E-state index in [-0.39, 0.29) is 0 Å². The summed E-state index contributed by atoms with van der Waals surface area (Å²) >= 11 is 0. The van der Waals surface area contributed by atoms with Crippen LogP contribution in [0.5, 0.6) is 0 Å². The first-order chi connectivity index (χ1) is 10.1. The molecule has 1 N–H and O–H groups in total. The van der Waals surface area contributed by atoms with Crippen LogP contribution >= 0.6 is 0 Å². The van der Waals surface area contributed by atoms with Crippen molar-refractivity contribution in [3.8, 4) is 0 Å². The van der Waals surface area contributed by atoms with Crippen molar-refractivity contribution in [3.05, 3.63) is 18.5 Å². The molecule has 0 aliphatic heterocycles. The molecule has 1 saturated carbocycles. The largest absolute Gasteiger partial charge is 0.381 e. The lowest BCUT2D eigenvalue weighted by molar-refractivity contribution is 0.502. The molecule has 114 valence electrons. The Labute approximate surface area is 126 Å². The maximum atomic E-state index is 4.60. The van der Waals surface area contributed by atoms with Gasteiger partial charge in [-0.2, -0.15) is 5.10 Å². The molecule has 2 aromatic rings. The Hall–Kier alpha value is -1.58. The van der Waals surface area contributed by atoms with Gasteiger partial charge < -0.3 is 5.32 Å². The predicted molar refractivity (Wildman–Crippen MR) is 87.6 cm³/mol. The van der Waals surface area contributed by atoms with Crippen LogP contribution in [0, 0.1) is 5.92 Å². The molecule has 2 unspecified atom stereocenters. The van der Waals surface area contributed by atoms with Gasteiger partial charge in [0.15, 0.2) is 5.65 Å². The summed E-state index contributed by atoms with van der Waals surface area (Å²) in [6.07, 6.45) is 10.5. The topological polar surface area (TPSA) is 42.7 Å². The van der Waals surface area contributed by atoms with Crippen LogP contribution in [-0.4, -0.2) is 20.8 Å². The molecule has 1 fully saturated rings. The molecule has 0 radical (unpaired) electrons. The Bertz CT molecular complexity index is 602. The lowest BCUT2D eigenvalue weighted by Gasteiger charge is -2.17. The smallest absolute Gasteiger partial charge is 0.158 e. The number of aromatic nitrogens is 3. The SMILES string of the molecule is CC1CCCC(Nc2cnc3c(cnn3C(C)C)c2)CC1. The second-order valence-electron chi connectivity index (χ2n) is 6.77. The highest BCUT2D eigenvalue weighted by Crippen LogP contribution is 2.26. The molecule has 0 aromatic carbocycles. The van der Waals surface area contributed by atoms with Crippen molar-refractivity contribution in [1.82, 2.24) is 14.8 Å². The van der Waals surface area contributed by atoms with E-state index in [1.165, 1.54) is 32.1 Å². The molecule has 3 rings (SSSR count). The quantitative estimate of drug-likeness (QED) is 0.851. The standard InChI is InChI=1S/C17H26N4/c1-12(2)21-17-14(10-19-21)9-16(11-18-17)20-15-6-4-5-13(3)7-8-15/h9-13,15,20H,4-8H2,1-3H3. The molecule has 0 spiro atoms. The maximum Gasteiger partial charge on any atom is 0.158 e. The van der Waals surface area contributed by atoms with Crippen molar-refractivity contribution < 1.29 is 0 Å². The van der Waals surface area contributed by atoms with Gasteiger partial charge >= 0.3 is 0 Å². The van der Waals surface area contributed by atoms with E-state index in [1.54, 1.807) is 0 Å². The number of hydrogen-bond acceptors (Lipinski definition) is 3. The summed E-state index contributed by atoms with van der Waals surface area (Å²) in [4.78, 5) is 4.60. The van der Waals surface area contributed by atoms with Gasteiger partial charge in [-0.05, 0) is 45.1 Å². The number of anilines is 1. The second-order valence-corrected chi connectivity index (χ2v) is 6.77. The van der Waals surface area contributed by atoms with Gasteiger partial charge in [0.05, 0.1) is 18.1 Å². The first-order valence-corrected chi connectivity index (χ1v) is 8.23. The van der Waals surface area contributed by atoms with Crippen molar-refractivity contribution >= 4 is 16.7 Å². The van der Waals surface area contributed by atoms with Crippen LogP contribution in [0.25, 0.3) is 11.0 Å². The predicted octanol–water partition coefficient (Wildman–Crippen LogP) is 4.39. The molecule has 1 aliphatic rings. The fourth-order valence-corrected chi connectivity index (χ4v) is 3.26. The zero-order valence-electron chi connectivity index (χ0n) is 13.3. The second kappa shape index (κ2) is 6.04. The van der Waals surface area contributed by atoms with Crippen LogP contribution in [0.2, 0.25) is 0 Å². The summed E-state index contributed by atoms with van der Waals surface area (Å²) in [7, 11) is 0. The summed E-state index contributed by atoms with van der Waals surface area (Å²) in [5.41, 5.74) is 2.11. The fraction of sp³-hybridized carbons (Fsp3) is 0.647. The molecular weight excluding hydrogens is 260 g/mol. The van der Waals surface area contributed by atoms with Crippen molar-refractivity contribution in [3.63, 3.8) is 0 Å². The molecule has 4 nitrogen and oxygen atoms in total. The molecular formula is C17H26N4. The normalized spacial score (nSPS) is 23.4. The first-order valence-electron chi connectivity index (χ1n) is 8.23. The van der Waals surface area contributed by atoms with Crippen LogP contribution in [0.3, 0.4) is 0 Å². The molecule has 2 heterocycles. The van der Waals surface area contributed by atoms with Gasteiger partial charge in [-0.25, -0.2) is 9.67 Å². The third-order valence-corrected chi connectivity index (χ3v) is 4.55. The number of rotatable bonds is 3. The minimum Gasteiger partial charge on any atom is -0.381 e. The Balaban J connectivity index is 1.75. The minimum absolute atomic E-state index is 0.345. The highest BCUT2D eigenvalue weighted by molar-refractivity contribution is 5.78. The van der Waals surface area contributed by atoms with Crippen LogP contribution in [-0.2, 0) is 0 Å². The summed E-state index contributed by atoms with van der Waals surface area (Å²) in [6, 6.07) is 3.12. The van der Waals surface area contributed by atoms with E-state index in [2.05, 4.69) is 42.2 Å². The maximum absolute atomic E-state index is 4.60. The molecule has 1 aliphatic carbocycles. The van der Waals surface area contributed by atoms with E-state index < -0.39 is 0 Å². The lowest BCUT2D eigenvalue weighted by Crippen LogP contribution is -2.18. The van der Waals surface area contributed by atoms with E-state index in [4.69, 9.17) is 0 Å². The summed E-state index contributed by atoms with van der Waals surface area (Å²) in [5.74, 6) is 0.877. The number of nitrogens with zero attached hydrogens (tertiary/aromatic N) is 3. The van der Waals surface area contributed by atoms with Gasteiger partial charge in [0.2, 0.25) is 0 Å². The Morgan fingerprint density at radius 3 is 2.86 bits per heavy atom. The van der Waals surface area contributed by atoms with Crippen LogP contribution < -0.4 is 5.32 Å². The minimum atomic E-state index is 0.345. The molecule has 0 saturated heterocycles. The lowest BCUT2D eigenvalue weighted by atomic mass is 10.0. The third-order valence-electron chi connectivity index (χ3n) is 4.55. The van der Waals surface area contributed by atoms with E-state index in [1.807, 2.05) is 17.1 Å². The highest BCUT2D eigenvalue weighted by atomic mass is 15.3. The van der Waals surface area contributed by atoms with Crippen LogP contribution in [0.1, 0.15) is 58.9 Å². The van der Waals surface area contributed by atoms with E-state index >= 15 is 0 Å². The molecule has 21 heavy (non-hydrogen) atoms. The van der Waals surface area contributed by atoms with Crippen molar-refractivity contribution in [1.29, 1.82) is 0 Å². The van der Waals surface area contributed by atoms with Gasteiger partial charge in [-0.1, -0.05) is 19.8 Å². The fourth-order valence-electron chi connectivity index (χ4n) is 3.26. The number of pyridine rings is 1. The van der Waals surface area contributed by atoms with Gasteiger partial charge in [-0.15, -0.1) is 0 Å². The number of fused-ring (bicyclic) bond motifs is 1. The Morgan fingerprint density at radius 2 is 2.05 bits per heavy atom. The molecule has 2 aromatic heterocycles. The summed E-state index contributed by atoms with van der Waals surface area (Å²) in [6.45, 7) is 6.64. The van der Waals surface area contributed by atoms with Crippen molar-refractivity contribution in [2.24, 2.45) is 5.92 Å². The molecule has 2 atom stereocenters. The zero-order valence-corrected chi connectivity index (χ0v) is 13.3. The van der Waals surface area contributed by atoms with E-state index in [0.717, 1.165) is 22.6 Å². The van der Waals surface area contributed by atoms with Gasteiger partial charge in [0.1, 0.15) is 0 Å². The van der Waals surface area contributed by atoms with Crippen LogP contribution in [0.4, 0.5) is 5.69 Å². The average Bonchev–Trinajstić information content (AvgIpc) is 2.77. The average molecular weight is 286 g/mol. The van der Waals surface area contributed by atoms with Gasteiger partial charge in [0, 0.05) is 17.5 Å².